The zero-order chi connectivity index (χ0) is 12.2. The molecule has 0 unspecified atom stereocenters. The molecule has 16 heavy (non-hydrogen) atoms. The summed E-state index contributed by atoms with van der Waals surface area (Å²) in [6.45, 7) is 3.60. The maximum atomic E-state index is 12.5. The van der Waals surface area contributed by atoms with Crippen LogP contribution in [0, 0.1) is 5.95 Å². The van der Waals surface area contributed by atoms with E-state index in [-0.39, 0.29) is 12.5 Å². The van der Waals surface area contributed by atoms with Gasteiger partial charge in [-0.25, -0.2) is 4.98 Å². The first-order chi connectivity index (χ1) is 7.44. The lowest BCUT2D eigenvalue weighted by atomic mass is 10.0. The summed E-state index contributed by atoms with van der Waals surface area (Å²) in [5.74, 6) is -0.947. The molecule has 88 valence electrons. The second-order valence-electron chi connectivity index (χ2n) is 4.18. The number of amides is 1. The molecule has 0 saturated heterocycles. The first-order valence-electron chi connectivity index (χ1n) is 4.99. The molecular formula is C11H15FN2O2. The van der Waals surface area contributed by atoms with Gasteiger partial charge in [0.25, 0.3) is 5.91 Å². The number of nitrogens with one attached hydrogen (secondary N) is 1. The van der Waals surface area contributed by atoms with Crippen LogP contribution in [-0.2, 0) is 0 Å². The van der Waals surface area contributed by atoms with Gasteiger partial charge in [-0.3, -0.25) is 4.79 Å². The number of nitrogens with zero attached hydrogens (tertiary/aromatic N) is 1. The van der Waals surface area contributed by atoms with E-state index in [0.717, 1.165) is 6.07 Å². The Balaban J connectivity index is 2.69. The highest BCUT2D eigenvalue weighted by Crippen LogP contribution is 2.09. The Morgan fingerprint density at radius 3 is 2.75 bits per heavy atom. The number of hydrogen-bond acceptors (Lipinski definition) is 3. The number of aromatic nitrogens is 1. The number of aliphatic hydroxyl groups is 1. The van der Waals surface area contributed by atoms with Gasteiger partial charge in [0.05, 0.1) is 5.56 Å². The summed E-state index contributed by atoms with van der Waals surface area (Å²) >= 11 is 0. The van der Waals surface area contributed by atoms with Gasteiger partial charge < -0.3 is 10.4 Å². The molecule has 0 atom stereocenters. The minimum atomic E-state index is -0.619. The van der Waals surface area contributed by atoms with E-state index in [1.54, 1.807) is 13.8 Å². The van der Waals surface area contributed by atoms with Crippen molar-refractivity contribution in [1.29, 1.82) is 0 Å². The molecule has 1 heterocycles. The van der Waals surface area contributed by atoms with Crippen molar-refractivity contribution in [2.24, 2.45) is 0 Å². The van der Waals surface area contributed by atoms with E-state index in [0.29, 0.717) is 12.0 Å². The van der Waals surface area contributed by atoms with Crippen LogP contribution in [0.3, 0.4) is 0 Å². The van der Waals surface area contributed by atoms with Crippen LogP contribution < -0.4 is 5.32 Å². The molecule has 0 spiro atoms. The van der Waals surface area contributed by atoms with Crippen molar-refractivity contribution in [3.63, 3.8) is 0 Å². The molecule has 0 aliphatic rings. The first-order valence-corrected chi connectivity index (χ1v) is 4.99. The topological polar surface area (TPSA) is 62.2 Å². The van der Waals surface area contributed by atoms with Gasteiger partial charge in [0.15, 0.2) is 0 Å². The fourth-order valence-corrected chi connectivity index (χ4v) is 1.23. The van der Waals surface area contributed by atoms with E-state index in [2.05, 4.69) is 10.3 Å². The van der Waals surface area contributed by atoms with Crippen molar-refractivity contribution >= 4 is 5.91 Å². The number of aliphatic hydroxyl groups excluding tert-OH is 1. The molecule has 4 nitrogen and oxygen atoms in total. The third-order valence-electron chi connectivity index (χ3n) is 2.18. The summed E-state index contributed by atoms with van der Waals surface area (Å²) < 4.78 is 12.5. The summed E-state index contributed by atoms with van der Waals surface area (Å²) in [6, 6.07) is 2.50. The van der Waals surface area contributed by atoms with Crippen molar-refractivity contribution in [2.75, 3.05) is 6.61 Å². The van der Waals surface area contributed by atoms with Crippen molar-refractivity contribution in [2.45, 2.75) is 25.8 Å². The molecule has 1 aromatic rings. The molecule has 2 N–H and O–H groups in total. The first kappa shape index (κ1) is 12.6. The predicted molar refractivity (Wildman–Crippen MR) is 57.4 cm³/mol. The third kappa shape index (κ3) is 3.58. The Bertz CT molecular complexity index is 363. The molecule has 0 aliphatic heterocycles. The highest BCUT2D eigenvalue weighted by atomic mass is 19.1. The standard InChI is InChI=1S/C11H15FN2O2/c1-11(2,5-6-15)14-10(16)8-3-4-9(12)13-7-8/h3-4,7,15H,5-6H2,1-2H3,(H,14,16). The number of pyridine rings is 1. The molecular weight excluding hydrogens is 211 g/mol. The summed E-state index contributed by atoms with van der Waals surface area (Å²) in [4.78, 5) is 15.1. The number of rotatable bonds is 4. The zero-order valence-electron chi connectivity index (χ0n) is 9.33. The lowest BCUT2D eigenvalue weighted by Gasteiger charge is -2.25. The second-order valence-corrected chi connectivity index (χ2v) is 4.18. The van der Waals surface area contributed by atoms with Gasteiger partial charge in [-0.05, 0) is 32.4 Å². The molecule has 0 fully saturated rings. The smallest absolute Gasteiger partial charge is 0.253 e. The van der Waals surface area contributed by atoms with Crippen LogP contribution in [0.25, 0.3) is 0 Å². The van der Waals surface area contributed by atoms with Crippen molar-refractivity contribution in [3.05, 3.63) is 29.8 Å². The fourth-order valence-electron chi connectivity index (χ4n) is 1.23. The Morgan fingerprint density at radius 1 is 1.56 bits per heavy atom. The van der Waals surface area contributed by atoms with E-state index >= 15 is 0 Å². The summed E-state index contributed by atoms with van der Waals surface area (Å²) in [5, 5.41) is 11.5. The third-order valence-corrected chi connectivity index (χ3v) is 2.18. The summed E-state index contributed by atoms with van der Waals surface area (Å²) in [7, 11) is 0. The van der Waals surface area contributed by atoms with E-state index < -0.39 is 11.5 Å². The van der Waals surface area contributed by atoms with Crippen molar-refractivity contribution in [1.82, 2.24) is 10.3 Å². The molecule has 0 aromatic carbocycles. The molecule has 5 heteroatoms. The molecule has 0 radical (unpaired) electrons. The van der Waals surface area contributed by atoms with Crippen LogP contribution in [0.5, 0.6) is 0 Å². The van der Waals surface area contributed by atoms with E-state index in [4.69, 9.17) is 5.11 Å². The van der Waals surface area contributed by atoms with Crippen LogP contribution >= 0.6 is 0 Å². The average Bonchev–Trinajstić information content (AvgIpc) is 2.17. The second kappa shape index (κ2) is 5.03. The SMILES string of the molecule is CC(C)(CCO)NC(=O)c1ccc(F)nc1. The van der Waals surface area contributed by atoms with Gasteiger partial charge in [0, 0.05) is 18.3 Å². The van der Waals surface area contributed by atoms with Gasteiger partial charge in [0.2, 0.25) is 5.95 Å². The summed E-state index contributed by atoms with van der Waals surface area (Å²) in [6.07, 6.45) is 1.63. The fraction of sp³-hybridized carbons (Fsp3) is 0.455. The van der Waals surface area contributed by atoms with Crippen molar-refractivity contribution < 1.29 is 14.3 Å². The Morgan fingerprint density at radius 2 is 2.25 bits per heavy atom. The molecule has 0 saturated carbocycles. The zero-order valence-corrected chi connectivity index (χ0v) is 9.33. The van der Waals surface area contributed by atoms with Gasteiger partial charge in [-0.15, -0.1) is 0 Å². The maximum Gasteiger partial charge on any atom is 0.253 e. The van der Waals surface area contributed by atoms with Crippen molar-refractivity contribution in [3.8, 4) is 0 Å². The Labute approximate surface area is 93.5 Å². The highest BCUT2D eigenvalue weighted by molar-refractivity contribution is 5.94. The van der Waals surface area contributed by atoms with E-state index in [1.807, 2.05) is 0 Å². The highest BCUT2D eigenvalue weighted by Gasteiger charge is 2.20. The average molecular weight is 226 g/mol. The maximum absolute atomic E-state index is 12.5. The molecule has 0 aliphatic carbocycles. The minimum Gasteiger partial charge on any atom is -0.396 e. The Kier molecular flexibility index (Phi) is 3.95. The predicted octanol–water partition coefficient (Wildman–Crippen LogP) is 1.11. The lowest BCUT2D eigenvalue weighted by Crippen LogP contribution is -2.44. The summed E-state index contributed by atoms with van der Waals surface area (Å²) in [5.41, 5.74) is -0.201. The lowest BCUT2D eigenvalue weighted by molar-refractivity contribution is 0.0899. The minimum absolute atomic E-state index is 0.00501. The Hall–Kier alpha value is -1.49. The number of hydrogen-bond donors (Lipinski definition) is 2. The van der Waals surface area contributed by atoms with Crippen LogP contribution in [0.15, 0.2) is 18.3 Å². The molecule has 1 aromatic heterocycles. The molecule has 1 rings (SSSR count). The van der Waals surface area contributed by atoms with Crippen LogP contribution in [0.2, 0.25) is 0 Å². The largest absolute Gasteiger partial charge is 0.396 e. The van der Waals surface area contributed by atoms with Crippen LogP contribution in [-0.4, -0.2) is 28.1 Å². The van der Waals surface area contributed by atoms with E-state index in [9.17, 15) is 9.18 Å². The monoisotopic (exact) mass is 226 g/mol. The normalized spacial score (nSPS) is 11.2. The van der Waals surface area contributed by atoms with E-state index in [1.165, 1.54) is 12.3 Å². The quantitative estimate of drug-likeness (QED) is 0.756. The van der Waals surface area contributed by atoms with Gasteiger partial charge >= 0.3 is 0 Å². The number of carbonyl (C=O) groups is 1. The van der Waals surface area contributed by atoms with Gasteiger partial charge in [0.1, 0.15) is 0 Å². The van der Waals surface area contributed by atoms with Crippen LogP contribution in [0.1, 0.15) is 30.6 Å². The van der Waals surface area contributed by atoms with Gasteiger partial charge in [-0.1, -0.05) is 0 Å². The number of carbonyl (C=O) groups excluding carboxylic acids is 1. The molecule has 1 amide bonds. The van der Waals surface area contributed by atoms with Gasteiger partial charge in [-0.2, -0.15) is 4.39 Å². The van der Waals surface area contributed by atoms with Crippen LogP contribution in [0.4, 0.5) is 4.39 Å². The number of halogens is 1. The molecule has 0 bridgehead atoms.